The van der Waals surface area contributed by atoms with Crippen molar-refractivity contribution in [2.45, 2.75) is 26.7 Å². The third kappa shape index (κ3) is 8.46. The summed E-state index contributed by atoms with van der Waals surface area (Å²) in [7, 11) is -3.20. The van der Waals surface area contributed by atoms with Gasteiger partial charge in [-0.1, -0.05) is 36.8 Å². The van der Waals surface area contributed by atoms with Gasteiger partial charge in [-0.3, -0.25) is 4.99 Å². The average Bonchev–Trinajstić information content (AvgIpc) is 2.66. The maximum atomic E-state index is 12.4. The number of nitrogens with zero attached hydrogens (tertiary/aromatic N) is 2. The van der Waals surface area contributed by atoms with E-state index in [0.29, 0.717) is 38.1 Å². The summed E-state index contributed by atoms with van der Waals surface area (Å²) >= 11 is 1.81. The summed E-state index contributed by atoms with van der Waals surface area (Å²) in [6, 6.07) is 8.46. The summed E-state index contributed by atoms with van der Waals surface area (Å²) in [4.78, 5) is 4.63. The summed E-state index contributed by atoms with van der Waals surface area (Å²) in [5.41, 5.74) is 2.51. The van der Waals surface area contributed by atoms with Gasteiger partial charge in [0.05, 0.1) is 5.75 Å². The Labute approximate surface area is 191 Å². The lowest BCUT2D eigenvalue weighted by atomic mass is 10.00. The maximum absolute atomic E-state index is 12.4. The number of nitrogens with one attached hydrogen (secondary N) is 2. The summed E-state index contributed by atoms with van der Waals surface area (Å²) in [5.74, 6) is 2.83. The number of halogens is 1. The van der Waals surface area contributed by atoms with Gasteiger partial charge < -0.3 is 10.6 Å². The number of rotatable bonds is 8. The van der Waals surface area contributed by atoms with E-state index in [-0.39, 0.29) is 29.7 Å². The number of thioether (sulfide) groups is 1. The second kappa shape index (κ2) is 12.9. The first kappa shape index (κ1) is 25.5. The van der Waals surface area contributed by atoms with Crippen LogP contribution in [0.15, 0.2) is 29.3 Å². The second-order valence-corrected chi connectivity index (χ2v) is 10.1. The van der Waals surface area contributed by atoms with Crippen LogP contribution in [0.1, 0.15) is 30.9 Å². The minimum Gasteiger partial charge on any atom is -0.357 e. The normalized spacial score (nSPS) is 16.9. The molecule has 0 bridgehead atoms. The van der Waals surface area contributed by atoms with Crippen molar-refractivity contribution in [1.29, 1.82) is 0 Å². The SMILES string of the molecule is CCNC(=NCC(C)c1cccc(C)c1)NCCS(=O)(=O)N1CCSCC1.I. The van der Waals surface area contributed by atoms with Crippen LogP contribution >= 0.6 is 35.7 Å². The molecule has 0 spiro atoms. The standard InChI is InChI=1S/C19H32N4O2S2.HI/c1-4-20-19(22-15-17(3)18-7-5-6-16(2)14-18)21-8-13-27(24,25)23-9-11-26-12-10-23;/h5-7,14,17H,4,8-13,15H2,1-3H3,(H2,20,21,22);1H. The van der Waals surface area contributed by atoms with Gasteiger partial charge >= 0.3 is 0 Å². The number of sulfonamides is 1. The molecule has 28 heavy (non-hydrogen) atoms. The summed E-state index contributed by atoms with van der Waals surface area (Å²) in [5, 5.41) is 6.36. The van der Waals surface area contributed by atoms with Gasteiger partial charge in [0.15, 0.2) is 5.96 Å². The zero-order valence-corrected chi connectivity index (χ0v) is 20.9. The molecule has 1 unspecified atom stereocenters. The van der Waals surface area contributed by atoms with Crippen LogP contribution in [-0.2, 0) is 10.0 Å². The van der Waals surface area contributed by atoms with Gasteiger partial charge in [-0.05, 0) is 19.4 Å². The van der Waals surface area contributed by atoms with Crippen LogP contribution in [0.4, 0.5) is 0 Å². The first-order valence-electron chi connectivity index (χ1n) is 9.56. The summed E-state index contributed by atoms with van der Waals surface area (Å²) < 4.78 is 26.5. The molecule has 160 valence electrons. The van der Waals surface area contributed by atoms with Gasteiger partial charge in [0.25, 0.3) is 0 Å². The largest absolute Gasteiger partial charge is 0.357 e. The van der Waals surface area contributed by atoms with Crippen LogP contribution in [0.3, 0.4) is 0 Å². The molecule has 1 aromatic carbocycles. The Morgan fingerprint density at radius 3 is 2.64 bits per heavy atom. The highest BCUT2D eigenvalue weighted by Crippen LogP contribution is 2.16. The van der Waals surface area contributed by atoms with E-state index in [4.69, 9.17) is 0 Å². The Morgan fingerprint density at radius 1 is 1.29 bits per heavy atom. The molecule has 2 N–H and O–H groups in total. The Morgan fingerprint density at radius 2 is 2.00 bits per heavy atom. The third-order valence-electron chi connectivity index (χ3n) is 4.49. The zero-order chi connectivity index (χ0) is 19.7. The molecule has 0 amide bonds. The van der Waals surface area contributed by atoms with E-state index in [1.165, 1.54) is 11.1 Å². The van der Waals surface area contributed by atoms with Crippen molar-refractivity contribution in [3.63, 3.8) is 0 Å². The zero-order valence-electron chi connectivity index (χ0n) is 17.0. The predicted molar refractivity (Wildman–Crippen MR) is 132 cm³/mol. The number of guanidine groups is 1. The van der Waals surface area contributed by atoms with Crippen LogP contribution in [-0.4, -0.2) is 68.7 Å². The van der Waals surface area contributed by atoms with Crippen molar-refractivity contribution in [1.82, 2.24) is 14.9 Å². The van der Waals surface area contributed by atoms with Gasteiger partial charge in [0, 0.05) is 50.1 Å². The van der Waals surface area contributed by atoms with Crippen molar-refractivity contribution in [3.05, 3.63) is 35.4 Å². The molecular weight excluding hydrogens is 507 g/mol. The molecule has 9 heteroatoms. The highest BCUT2D eigenvalue weighted by Gasteiger charge is 2.23. The first-order valence-corrected chi connectivity index (χ1v) is 12.3. The van der Waals surface area contributed by atoms with Crippen LogP contribution in [0.25, 0.3) is 0 Å². The molecular formula is C19H33IN4O2S2. The molecule has 1 fully saturated rings. The van der Waals surface area contributed by atoms with Gasteiger partial charge in [-0.25, -0.2) is 12.7 Å². The van der Waals surface area contributed by atoms with E-state index in [9.17, 15) is 8.42 Å². The van der Waals surface area contributed by atoms with Gasteiger partial charge in [0.2, 0.25) is 10.0 Å². The fraction of sp³-hybridized carbons (Fsp3) is 0.632. The molecule has 1 aromatic rings. The van der Waals surface area contributed by atoms with Gasteiger partial charge in [-0.15, -0.1) is 24.0 Å². The number of aliphatic imine (C=N–C) groups is 1. The number of aryl methyl sites for hydroxylation is 1. The van der Waals surface area contributed by atoms with Crippen molar-refractivity contribution in [3.8, 4) is 0 Å². The Hall–Kier alpha value is -0.520. The Balaban J connectivity index is 0.00000392. The Bertz CT molecular complexity index is 722. The topological polar surface area (TPSA) is 73.8 Å². The lowest BCUT2D eigenvalue weighted by Gasteiger charge is -2.25. The van der Waals surface area contributed by atoms with E-state index in [1.54, 1.807) is 4.31 Å². The molecule has 0 radical (unpaired) electrons. The van der Waals surface area contributed by atoms with Crippen LogP contribution in [0.5, 0.6) is 0 Å². The molecule has 0 aromatic heterocycles. The van der Waals surface area contributed by atoms with Gasteiger partial charge in [-0.2, -0.15) is 11.8 Å². The minimum absolute atomic E-state index is 0. The highest BCUT2D eigenvalue weighted by molar-refractivity contribution is 14.0. The molecule has 1 aliphatic heterocycles. The molecule has 0 aliphatic carbocycles. The predicted octanol–water partition coefficient (Wildman–Crippen LogP) is 2.65. The van der Waals surface area contributed by atoms with Crippen molar-refractivity contribution in [2.75, 3.05) is 50.0 Å². The van der Waals surface area contributed by atoms with Crippen LogP contribution < -0.4 is 10.6 Å². The molecule has 2 rings (SSSR count). The van der Waals surface area contributed by atoms with Crippen molar-refractivity contribution < 1.29 is 8.42 Å². The number of hydrogen-bond acceptors (Lipinski definition) is 4. The van der Waals surface area contributed by atoms with Crippen LogP contribution in [0.2, 0.25) is 0 Å². The number of benzene rings is 1. The van der Waals surface area contributed by atoms with E-state index in [1.807, 2.05) is 18.7 Å². The fourth-order valence-corrected chi connectivity index (χ4v) is 5.40. The third-order valence-corrected chi connectivity index (χ3v) is 7.31. The first-order chi connectivity index (χ1) is 12.9. The smallest absolute Gasteiger partial charge is 0.215 e. The van der Waals surface area contributed by atoms with E-state index < -0.39 is 10.0 Å². The Kier molecular flexibility index (Phi) is 11.8. The quantitative estimate of drug-likeness (QED) is 0.302. The molecule has 1 saturated heterocycles. The molecule has 6 nitrogen and oxygen atoms in total. The highest BCUT2D eigenvalue weighted by atomic mass is 127. The summed E-state index contributed by atoms with van der Waals surface area (Å²) in [6.07, 6.45) is 0. The van der Waals surface area contributed by atoms with E-state index in [2.05, 4.69) is 53.7 Å². The second-order valence-electron chi connectivity index (χ2n) is 6.79. The van der Waals surface area contributed by atoms with Crippen molar-refractivity contribution in [2.24, 2.45) is 4.99 Å². The van der Waals surface area contributed by atoms with E-state index >= 15 is 0 Å². The van der Waals surface area contributed by atoms with E-state index in [0.717, 1.165) is 18.1 Å². The average molecular weight is 541 g/mol. The molecule has 1 atom stereocenters. The number of hydrogen-bond donors (Lipinski definition) is 2. The van der Waals surface area contributed by atoms with Crippen molar-refractivity contribution >= 4 is 51.7 Å². The molecule has 1 heterocycles. The maximum Gasteiger partial charge on any atom is 0.215 e. The minimum atomic E-state index is -3.20. The monoisotopic (exact) mass is 540 g/mol. The molecule has 0 saturated carbocycles. The molecule has 1 aliphatic rings. The fourth-order valence-electron chi connectivity index (χ4n) is 2.90. The summed E-state index contributed by atoms with van der Waals surface area (Å²) in [6.45, 7) is 9.23. The lowest BCUT2D eigenvalue weighted by molar-refractivity contribution is 0.443. The lowest BCUT2D eigenvalue weighted by Crippen LogP contribution is -2.44. The van der Waals surface area contributed by atoms with Crippen LogP contribution in [0, 0.1) is 6.92 Å². The van der Waals surface area contributed by atoms with Gasteiger partial charge in [0.1, 0.15) is 0 Å².